The van der Waals surface area contributed by atoms with Gasteiger partial charge < -0.3 is 10.2 Å². The fraction of sp³-hybridized carbons (Fsp3) is 0.529. The first-order chi connectivity index (χ1) is 9.99. The highest BCUT2D eigenvalue weighted by Gasteiger charge is 2.13. The molecule has 1 aromatic carbocycles. The summed E-state index contributed by atoms with van der Waals surface area (Å²) in [6.45, 7) is 7.12. The number of nitrogens with zero attached hydrogens (tertiary/aromatic N) is 1. The van der Waals surface area contributed by atoms with E-state index in [1.54, 1.807) is 4.90 Å². The summed E-state index contributed by atoms with van der Waals surface area (Å²) in [5, 5.41) is 2.86. The Balaban J connectivity index is 2.39. The summed E-state index contributed by atoms with van der Waals surface area (Å²) in [5.74, 6) is 0.413. The molecule has 1 N–H and O–H groups in total. The molecule has 0 heterocycles. The first kappa shape index (κ1) is 17.2. The van der Waals surface area contributed by atoms with Crippen LogP contribution in [0, 0.1) is 5.92 Å². The van der Waals surface area contributed by atoms with E-state index in [-0.39, 0.29) is 18.4 Å². The molecule has 116 valence electrons. The smallest absolute Gasteiger partial charge is 0.239 e. The van der Waals surface area contributed by atoms with Crippen LogP contribution in [0.25, 0.3) is 0 Å². The second kappa shape index (κ2) is 9.16. The molecule has 0 aromatic heterocycles. The van der Waals surface area contributed by atoms with E-state index in [1.165, 1.54) is 12.5 Å². The molecule has 0 saturated heterocycles. The van der Waals surface area contributed by atoms with Gasteiger partial charge in [-0.1, -0.05) is 44.2 Å². The highest BCUT2D eigenvalue weighted by molar-refractivity contribution is 5.83. The molecule has 0 spiro atoms. The lowest BCUT2D eigenvalue weighted by Crippen LogP contribution is -2.41. The van der Waals surface area contributed by atoms with Crippen LogP contribution in [0.4, 0.5) is 0 Å². The van der Waals surface area contributed by atoms with E-state index in [2.05, 4.69) is 19.2 Å². The van der Waals surface area contributed by atoms with E-state index < -0.39 is 0 Å². The third kappa shape index (κ3) is 7.49. The summed E-state index contributed by atoms with van der Waals surface area (Å²) in [4.78, 5) is 25.1. The van der Waals surface area contributed by atoms with Crippen LogP contribution in [0.5, 0.6) is 0 Å². The molecule has 0 unspecified atom stereocenters. The van der Waals surface area contributed by atoms with E-state index in [4.69, 9.17) is 0 Å². The summed E-state index contributed by atoms with van der Waals surface area (Å²) < 4.78 is 0. The van der Waals surface area contributed by atoms with Crippen molar-refractivity contribution in [1.29, 1.82) is 0 Å². The summed E-state index contributed by atoms with van der Waals surface area (Å²) in [6.07, 6.45) is 1.72. The number of carbonyl (C=O) groups is 2. The molecule has 1 aromatic rings. The van der Waals surface area contributed by atoms with Crippen molar-refractivity contribution in [2.45, 2.75) is 33.6 Å². The van der Waals surface area contributed by atoms with Gasteiger partial charge in [0.1, 0.15) is 0 Å². The maximum atomic E-state index is 11.8. The van der Waals surface area contributed by atoms with E-state index >= 15 is 0 Å². The van der Waals surface area contributed by atoms with E-state index in [0.29, 0.717) is 19.0 Å². The molecule has 0 aliphatic rings. The quantitative estimate of drug-likeness (QED) is 0.798. The predicted molar refractivity (Wildman–Crippen MR) is 84.9 cm³/mol. The van der Waals surface area contributed by atoms with Gasteiger partial charge in [-0.15, -0.1) is 0 Å². The third-order valence-corrected chi connectivity index (χ3v) is 3.34. The summed E-state index contributed by atoms with van der Waals surface area (Å²) in [5.41, 5.74) is 1.17. The van der Waals surface area contributed by atoms with Gasteiger partial charge in [0.05, 0.1) is 6.54 Å². The zero-order valence-corrected chi connectivity index (χ0v) is 13.3. The second-order valence-electron chi connectivity index (χ2n) is 5.71. The monoisotopic (exact) mass is 290 g/mol. The molecule has 4 nitrogen and oxygen atoms in total. The normalized spacial score (nSPS) is 10.5. The molecule has 0 radical (unpaired) electrons. The zero-order valence-electron chi connectivity index (χ0n) is 13.3. The lowest BCUT2D eigenvalue weighted by Gasteiger charge is -2.20. The summed E-state index contributed by atoms with van der Waals surface area (Å²) >= 11 is 0. The Bertz CT molecular complexity index is 443. The van der Waals surface area contributed by atoms with Crippen molar-refractivity contribution in [1.82, 2.24) is 10.2 Å². The maximum Gasteiger partial charge on any atom is 0.239 e. The van der Waals surface area contributed by atoms with Gasteiger partial charge in [0.2, 0.25) is 11.8 Å². The Hall–Kier alpha value is -1.84. The number of hydrogen-bond acceptors (Lipinski definition) is 2. The standard InChI is InChI=1S/C17H26N2O2/c1-14(2)9-11-18-17(21)13-19(15(3)20)12-10-16-7-5-4-6-8-16/h4-8,14H,9-13H2,1-3H3,(H,18,21). The lowest BCUT2D eigenvalue weighted by atomic mass is 10.1. The highest BCUT2D eigenvalue weighted by atomic mass is 16.2. The van der Waals surface area contributed by atoms with Crippen molar-refractivity contribution in [3.05, 3.63) is 35.9 Å². The van der Waals surface area contributed by atoms with Gasteiger partial charge in [0.15, 0.2) is 0 Å². The van der Waals surface area contributed by atoms with Crippen LogP contribution in [0.3, 0.4) is 0 Å². The molecule has 0 fully saturated rings. The largest absolute Gasteiger partial charge is 0.355 e. The van der Waals surface area contributed by atoms with Crippen molar-refractivity contribution < 1.29 is 9.59 Å². The lowest BCUT2D eigenvalue weighted by molar-refractivity contribution is -0.134. The van der Waals surface area contributed by atoms with Crippen LogP contribution in [0.2, 0.25) is 0 Å². The number of carbonyl (C=O) groups excluding carboxylic acids is 2. The van der Waals surface area contributed by atoms with Crippen molar-refractivity contribution in [3.63, 3.8) is 0 Å². The number of amides is 2. The van der Waals surface area contributed by atoms with Gasteiger partial charge >= 0.3 is 0 Å². The first-order valence-corrected chi connectivity index (χ1v) is 7.55. The van der Waals surface area contributed by atoms with Crippen LogP contribution in [-0.4, -0.2) is 36.3 Å². The molecule has 2 amide bonds. The molecule has 4 heteroatoms. The number of hydrogen-bond donors (Lipinski definition) is 1. The average Bonchev–Trinajstić information content (AvgIpc) is 2.43. The minimum Gasteiger partial charge on any atom is -0.355 e. The Morgan fingerprint density at radius 3 is 2.43 bits per heavy atom. The third-order valence-electron chi connectivity index (χ3n) is 3.34. The molecule has 0 atom stereocenters. The minimum atomic E-state index is -0.0843. The second-order valence-corrected chi connectivity index (χ2v) is 5.71. The van der Waals surface area contributed by atoms with Crippen LogP contribution in [0.15, 0.2) is 30.3 Å². The molecular formula is C17H26N2O2. The SMILES string of the molecule is CC(=O)N(CCc1ccccc1)CC(=O)NCCC(C)C. The number of nitrogens with one attached hydrogen (secondary N) is 1. The van der Waals surface area contributed by atoms with Crippen LogP contribution < -0.4 is 5.32 Å². The van der Waals surface area contributed by atoms with Crippen molar-refractivity contribution >= 4 is 11.8 Å². The topological polar surface area (TPSA) is 49.4 Å². The van der Waals surface area contributed by atoms with Crippen LogP contribution >= 0.6 is 0 Å². The molecule has 0 saturated carbocycles. The Kier molecular flexibility index (Phi) is 7.51. The van der Waals surface area contributed by atoms with Crippen LogP contribution in [0.1, 0.15) is 32.8 Å². The fourth-order valence-electron chi connectivity index (χ4n) is 1.99. The van der Waals surface area contributed by atoms with Gasteiger partial charge in [-0.2, -0.15) is 0 Å². The Morgan fingerprint density at radius 1 is 1.19 bits per heavy atom. The van der Waals surface area contributed by atoms with E-state index in [9.17, 15) is 9.59 Å². The van der Waals surface area contributed by atoms with Crippen molar-refractivity contribution in [2.24, 2.45) is 5.92 Å². The summed E-state index contributed by atoms with van der Waals surface area (Å²) in [6, 6.07) is 9.98. The molecule has 21 heavy (non-hydrogen) atoms. The van der Waals surface area contributed by atoms with Crippen molar-refractivity contribution in [2.75, 3.05) is 19.6 Å². The molecule has 0 aliphatic heterocycles. The minimum absolute atomic E-state index is 0.0649. The highest BCUT2D eigenvalue weighted by Crippen LogP contribution is 2.02. The fourth-order valence-corrected chi connectivity index (χ4v) is 1.99. The van der Waals surface area contributed by atoms with Crippen molar-refractivity contribution in [3.8, 4) is 0 Å². The van der Waals surface area contributed by atoms with E-state index in [0.717, 1.165) is 12.8 Å². The molecular weight excluding hydrogens is 264 g/mol. The first-order valence-electron chi connectivity index (χ1n) is 7.55. The van der Waals surface area contributed by atoms with Gasteiger partial charge in [0, 0.05) is 20.0 Å². The molecule has 0 aliphatic carbocycles. The number of benzene rings is 1. The average molecular weight is 290 g/mol. The van der Waals surface area contributed by atoms with Crippen LogP contribution in [-0.2, 0) is 16.0 Å². The van der Waals surface area contributed by atoms with Gasteiger partial charge in [-0.05, 0) is 24.3 Å². The Morgan fingerprint density at radius 2 is 1.86 bits per heavy atom. The number of rotatable bonds is 8. The van der Waals surface area contributed by atoms with Gasteiger partial charge in [0.25, 0.3) is 0 Å². The molecule has 1 rings (SSSR count). The zero-order chi connectivity index (χ0) is 15.7. The maximum absolute atomic E-state index is 11.8. The van der Waals surface area contributed by atoms with Gasteiger partial charge in [-0.3, -0.25) is 9.59 Å². The summed E-state index contributed by atoms with van der Waals surface area (Å²) in [7, 11) is 0. The predicted octanol–water partition coefficient (Wildman–Crippen LogP) is 2.24. The van der Waals surface area contributed by atoms with E-state index in [1.807, 2.05) is 30.3 Å². The Labute approximate surface area is 127 Å². The van der Waals surface area contributed by atoms with Gasteiger partial charge in [-0.25, -0.2) is 0 Å². The molecule has 0 bridgehead atoms.